The van der Waals surface area contributed by atoms with Crippen molar-refractivity contribution in [3.05, 3.63) is 46.5 Å². The lowest BCUT2D eigenvalue weighted by Gasteiger charge is -2.20. The lowest BCUT2D eigenvalue weighted by Crippen LogP contribution is -2.12. The first-order valence-electron chi connectivity index (χ1n) is 7.97. The van der Waals surface area contributed by atoms with Gasteiger partial charge in [-0.05, 0) is 76.0 Å². The maximum Gasteiger partial charge on any atom is 0.122 e. The summed E-state index contributed by atoms with van der Waals surface area (Å²) < 4.78 is 13.8. The number of hydrogen-bond acceptors (Lipinski definition) is 1. The second-order valence-corrected chi connectivity index (χ2v) is 6.20. The fraction of sp³-hybridized carbons (Fsp3) is 0.579. The Balaban J connectivity index is 3.15. The molecule has 1 aliphatic carbocycles. The van der Waals surface area contributed by atoms with E-state index in [9.17, 15) is 4.39 Å². The molecule has 0 aromatic carbocycles. The van der Waals surface area contributed by atoms with E-state index in [2.05, 4.69) is 20.4 Å². The SMILES string of the molecule is C=C(N)C(CC)C/C(=C(C)/C(C)=C(C)\C(F)=C/C)C1CC1. The van der Waals surface area contributed by atoms with Gasteiger partial charge in [-0.1, -0.05) is 25.2 Å². The van der Waals surface area contributed by atoms with Crippen molar-refractivity contribution in [1.29, 1.82) is 0 Å². The molecule has 1 rings (SSSR count). The van der Waals surface area contributed by atoms with E-state index < -0.39 is 0 Å². The van der Waals surface area contributed by atoms with E-state index in [1.165, 1.54) is 30.1 Å². The lowest BCUT2D eigenvalue weighted by molar-refractivity contribution is 0.563. The van der Waals surface area contributed by atoms with Gasteiger partial charge in [0.1, 0.15) is 5.83 Å². The summed E-state index contributed by atoms with van der Waals surface area (Å²) in [5, 5.41) is 0. The minimum absolute atomic E-state index is 0.128. The fourth-order valence-electron chi connectivity index (χ4n) is 2.78. The van der Waals surface area contributed by atoms with Gasteiger partial charge in [0.25, 0.3) is 0 Å². The molecule has 2 heteroatoms. The van der Waals surface area contributed by atoms with Crippen LogP contribution in [0.2, 0.25) is 0 Å². The third kappa shape index (κ3) is 4.59. The number of halogens is 1. The van der Waals surface area contributed by atoms with Gasteiger partial charge in [0.05, 0.1) is 0 Å². The minimum atomic E-state index is -0.128. The van der Waals surface area contributed by atoms with E-state index in [-0.39, 0.29) is 5.83 Å². The highest BCUT2D eigenvalue weighted by Crippen LogP contribution is 2.43. The number of hydrogen-bond donors (Lipinski definition) is 1. The fourth-order valence-corrected chi connectivity index (χ4v) is 2.78. The molecule has 0 amide bonds. The Morgan fingerprint density at radius 2 is 1.81 bits per heavy atom. The van der Waals surface area contributed by atoms with Crippen LogP contribution in [0.3, 0.4) is 0 Å². The first-order valence-corrected chi connectivity index (χ1v) is 7.97. The van der Waals surface area contributed by atoms with E-state index in [4.69, 9.17) is 5.73 Å². The maximum absolute atomic E-state index is 13.8. The minimum Gasteiger partial charge on any atom is -0.402 e. The normalized spacial score (nSPS) is 19.8. The Bertz CT molecular complexity index is 490. The molecule has 1 atom stereocenters. The zero-order chi connectivity index (χ0) is 16.2. The number of allylic oxidation sites excluding steroid dienone is 7. The Morgan fingerprint density at radius 1 is 1.24 bits per heavy atom. The van der Waals surface area contributed by atoms with Crippen molar-refractivity contribution in [2.24, 2.45) is 17.6 Å². The van der Waals surface area contributed by atoms with Crippen molar-refractivity contribution in [2.75, 3.05) is 0 Å². The van der Waals surface area contributed by atoms with Gasteiger partial charge >= 0.3 is 0 Å². The molecule has 1 unspecified atom stereocenters. The Kier molecular flexibility index (Phi) is 6.44. The summed E-state index contributed by atoms with van der Waals surface area (Å²) in [5.74, 6) is 0.863. The second kappa shape index (κ2) is 7.63. The van der Waals surface area contributed by atoms with Crippen molar-refractivity contribution < 1.29 is 4.39 Å². The molecule has 0 aromatic rings. The molecule has 0 aliphatic heterocycles. The second-order valence-electron chi connectivity index (χ2n) is 6.20. The molecule has 1 saturated carbocycles. The Labute approximate surface area is 129 Å². The smallest absolute Gasteiger partial charge is 0.122 e. The van der Waals surface area contributed by atoms with Gasteiger partial charge in [0.15, 0.2) is 0 Å². The van der Waals surface area contributed by atoms with Gasteiger partial charge in [0.2, 0.25) is 0 Å². The van der Waals surface area contributed by atoms with Gasteiger partial charge in [-0.25, -0.2) is 4.39 Å². The summed E-state index contributed by atoms with van der Waals surface area (Å²) in [7, 11) is 0. The molecule has 118 valence electrons. The van der Waals surface area contributed by atoms with Crippen LogP contribution in [0.5, 0.6) is 0 Å². The van der Waals surface area contributed by atoms with Gasteiger partial charge < -0.3 is 5.73 Å². The summed E-state index contributed by atoms with van der Waals surface area (Å²) in [6.07, 6.45) is 5.99. The molecular weight excluding hydrogens is 261 g/mol. The van der Waals surface area contributed by atoms with E-state index in [0.29, 0.717) is 11.8 Å². The van der Waals surface area contributed by atoms with Crippen molar-refractivity contribution in [3.63, 3.8) is 0 Å². The highest BCUT2D eigenvalue weighted by Gasteiger charge is 2.29. The first-order chi connectivity index (χ1) is 9.83. The van der Waals surface area contributed by atoms with Crippen LogP contribution in [0.15, 0.2) is 46.5 Å². The Morgan fingerprint density at radius 3 is 2.19 bits per heavy atom. The lowest BCUT2D eigenvalue weighted by atomic mass is 9.87. The van der Waals surface area contributed by atoms with Gasteiger partial charge in [-0.3, -0.25) is 0 Å². The molecule has 0 aromatic heterocycles. The summed E-state index contributed by atoms with van der Waals surface area (Å²) in [6, 6.07) is 0. The van der Waals surface area contributed by atoms with E-state index in [1.807, 2.05) is 13.8 Å². The van der Waals surface area contributed by atoms with E-state index >= 15 is 0 Å². The molecule has 0 heterocycles. The van der Waals surface area contributed by atoms with Gasteiger partial charge in [0, 0.05) is 11.6 Å². The molecule has 1 fully saturated rings. The Hall–Kier alpha value is -1.31. The molecule has 1 nitrogen and oxygen atoms in total. The van der Waals surface area contributed by atoms with Crippen molar-refractivity contribution in [3.8, 4) is 0 Å². The van der Waals surface area contributed by atoms with Crippen LogP contribution >= 0.6 is 0 Å². The van der Waals surface area contributed by atoms with Crippen LogP contribution in [-0.2, 0) is 0 Å². The monoisotopic (exact) mass is 291 g/mol. The highest BCUT2D eigenvalue weighted by molar-refractivity contribution is 5.43. The van der Waals surface area contributed by atoms with Crippen molar-refractivity contribution >= 4 is 0 Å². The van der Waals surface area contributed by atoms with Crippen molar-refractivity contribution in [2.45, 2.75) is 60.3 Å². The third-order valence-electron chi connectivity index (χ3n) is 4.77. The predicted octanol–water partition coefficient (Wildman–Crippen LogP) is 5.81. The molecule has 1 aliphatic rings. The molecule has 0 radical (unpaired) electrons. The molecular formula is C19H30FN. The van der Waals surface area contributed by atoms with Gasteiger partial charge in [-0.15, -0.1) is 0 Å². The first kappa shape index (κ1) is 17.7. The largest absolute Gasteiger partial charge is 0.402 e. The molecule has 2 N–H and O–H groups in total. The van der Waals surface area contributed by atoms with Crippen LogP contribution in [0.25, 0.3) is 0 Å². The predicted molar refractivity (Wildman–Crippen MR) is 90.4 cm³/mol. The van der Waals surface area contributed by atoms with Crippen LogP contribution < -0.4 is 5.73 Å². The average molecular weight is 291 g/mol. The quantitative estimate of drug-likeness (QED) is 0.588. The standard InChI is InChI=1S/C19H30FN/c1-7-16(15(6)21)11-18(17-9-10-17)13(4)12(3)14(5)19(20)8-2/h8,16-17H,6-7,9-11,21H2,1-5H3/b14-12-,18-13-,19-8+. The highest BCUT2D eigenvalue weighted by atomic mass is 19.1. The van der Waals surface area contributed by atoms with Crippen LogP contribution in [0.4, 0.5) is 4.39 Å². The maximum atomic E-state index is 13.8. The zero-order valence-electron chi connectivity index (χ0n) is 14.2. The van der Waals surface area contributed by atoms with Crippen LogP contribution in [-0.4, -0.2) is 0 Å². The van der Waals surface area contributed by atoms with E-state index in [0.717, 1.165) is 29.7 Å². The van der Waals surface area contributed by atoms with E-state index in [1.54, 1.807) is 6.92 Å². The summed E-state index contributed by atoms with van der Waals surface area (Å²) >= 11 is 0. The van der Waals surface area contributed by atoms with Gasteiger partial charge in [-0.2, -0.15) is 0 Å². The van der Waals surface area contributed by atoms with Crippen LogP contribution in [0, 0.1) is 11.8 Å². The summed E-state index contributed by atoms with van der Waals surface area (Å²) in [6.45, 7) is 13.8. The zero-order valence-corrected chi connectivity index (χ0v) is 14.2. The van der Waals surface area contributed by atoms with Crippen molar-refractivity contribution in [1.82, 2.24) is 0 Å². The molecule has 0 spiro atoms. The third-order valence-corrected chi connectivity index (χ3v) is 4.77. The topological polar surface area (TPSA) is 26.0 Å². The summed E-state index contributed by atoms with van der Waals surface area (Å²) in [5.41, 5.74) is 11.2. The number of nitrogens with two attached hydrogens (primary N) is 1. The summed E-state index contributed by atoms with van der Waals surface area (Å²) in [4.78, 5) is 0. The average Bonchev–Trinajstić information content (AvgIpc) is 3.29. The molecule has 21 heavy (non-hydrogen) atoms. The van der Waals surface area contributed by atoms with Crippen LogP contribution in [0.1, 0.15) is 60.3 Å². The molecule has 0 bridgehead atoms. The number of rotatable bonds is 7. The molecule has 0 saturated heterocycles.